The van der Waals surface area contributed by atoms with Crippen molar-refractivity contribution in [3.05, 3.63) is 0 Å². The molecule has 0 amide bonds. The molecule has 16 heavy (non-hydrogen) atoms. The van der Waals surface area contributed by atoms with E-state index in [0.29, 0.717) is 12.1 Å². The van der Waals surface area contributed by atoms with Crippen molar-refractivity contribution >= 4 is 0 Å². The lowest BCUT2D eigenvalue weighted by molar-refractivity contribution is 0.0662. The Labute approximate surface area is 101 Å². The van der Waals surface area contributed by atoms with E-state index in [0.717, 1.165) is 26.2 Å². The standard InChI is InChI=1S/C13H28N2O/c1-4-7-12(10-14-5-2)15(3)11-13-8-6-9-16-13/h12-14H,4-11H2,1-3H3. The molecule has 0 spiro atoms. The fraction of sp³-hybridized carbons (Fsp3) is 1.00. The van der Waals surface area contributed by atoms with Crippen molar-refractivity contribution in [2.75, 3.05) is 33.3 Å². The minimum atomic E-state index is 0.478. The maximum absolute atomic E-state index is 5.69. The molecule has 1 saturated heterocycles. The van der Waals surface area contributed by atoms with Gasteiger partial charge in [-0.3, -0.25) is 4.90 Å². The first kappa shape index (κ1) is 13.9. The molecule has 0 radical (unpaired) electrons. The molecule has 3 heteroatoms. The van der Waals surface area contributed by atoms with E-state index in [-0.39, 0.29) is 0 Å². The van der Waals surface area contributed by atoms with Gasteiger partial charge in [0, 0.05) is 25.7 Å². The number of rotatable bonds is 8. The van der Waals surface area contributed by atoms with Gasteiger partial charge in [-0.1, -0.05) is 20.3 Å². The van der Waals surface area contributed by atoms with Gasteiger partial charge in [-0.25, -0.2) is 0 Å². The fourth-order valence-corrected chi connectivity index (χ4v) is 2.38. The highest BCUT2D eigenvalue weighted by Gasteiger charge is 2.21. The summed E-state index contributed by atoms with van der Waals surface area (Å²) >= 11 is 0. The predicted molar refractivity (Wildman–Crippen MR) is 68.8 cm³/mol. The largest absolute Gasteiger partial charge is 0.377 e. The number of nitrogens with zero attached hydrogens (tertiary/aromatic N) is 1. The Bertz CT molecular complexity index is 169. The van der Waals surface area contributed by atoms with Gasteiger partial charge in [0.25, 0.3) is 0 Å². The number of ether oxygens (including phenoxy) is 1. The van der Waals surface area contributed by atoms with Gasteiger partial charge in [0.1, 0.15) is 0 Å². The Morgan fingerprint density at radius 2 is 2.25 bits per heavy atom. The molecule has 1 aliphatic heterocycles. The molecule has 0 aliphatic carbocycles. The van der Waals surface area contributed by atoms with Gasteiger partial charge in [0.2, 0.25) is 0 Å². The van der Waals surface area contributed by atoms with Crippen molar-refractivity contribution < 1.29 is 4.74 Å². The first-order valence-electron chi connectivity index (χ1n) is 6.80. The molecule has 1 heterocycles. The van der Waals surface area contributed by atoms with Crippen molar-refractivity contribution in [3.8, 4) is 0 Å². The lowest BCUT2D eigenvalue weighted by atomic mass is 10.1. The van der Waals surface area contributed by atoms with Gasteiger partial charge in [-0.2, -0.15) is 0 Å². The van der Waals surface area contributed by atoms with Crippen molar-refractivity contribution in [2.24, 2.45) is 0 Å². The van der Waals surface area contributed by atoms with Crippen LogP contribution >= 0.6 is 0 Å². The van der Waals surface area contributed by atoms with Gasteiger partial charge >= 0.3 is 0 Å². The number of hydrogen-bond acceptors (Lipinski definition) is 3. The number of nitrogens with one attached hydrogen (secondary N) is 1. The summed E-state index contributed by atoms with van der Waals surface area (Å²) in [7, 11) is 2.24. The van der Waals surface area contributed by atoms with Crippen molar-refractivity contribution in [1.82, 2.24) is 10.2 Å². The van der Waals surface area contributed by atoms with Crippen LogP contribution in [0.3, 0.4) is 0 Å². The molecule has 0 aromatic rings. The van der Waals surface area contributed by atoms with Crippen LogP contribution in [0.2, 0.25) is 0 Å². The Kier molecular flexibility index (Phi) is 7.01. The van der Waals surface area contributed by atoms with E-state index in [1.54, 1.807) is 0 Å². The molecule has 1 rings (SSSR count). The minimum absolute atomic E-state index is 0.478. The molecular weight excluding hydrogens is 200 g/mol. The van der Waals surface area contributed by atoms with E-state index in [9.17, 15) is 0 Å². The summed E-state index contributed by atoms with van der Waals surface area (Å²) in [5, 5.41) is 3.46. The molecule has 0 saturated carbocycles. The zero-order chi connectivity index (χ0) is 11.8. The summed E-state index contributed by atoms with van der Waals surface area (Å²) < 4.78 is 5.69. The van der Waals surface area contributed by atoms with Crippen molar-refractivity contribution in [2.45, 2.75) is 51.7 Å². The van der Waals surface area contributed by atoms with E-state index in [4.69, 9.17) is 4.74 Å². The lowest BCUT2D eigenvalue weighted by Gasteiger charge is -2.30. The van der Waals surface area contributed by atoms with Gasteiger partial charge in [-0.15, -0.1) is 0 Å². The van der Waals surface area contributed by atoms with Crippen LogP contribution in [-0.2, 0) is 4.74 Å². The molecule has 0 bridgehead atoms. The lowest BCUT2D eigenvalue weighted by Crippen LogP contribution is -2.43. The molecule has 3 nitrogen and oxygen atoms in total. The number of likely N-dealkylation sites (N-methyl/N-ethyl adjacent to an activating group) is 2. The third kappa shape index (κ3) is 4.81. The second-order valence-corrected chi connectivity index (χ2v) is 4.82. The Morgan fingerprint density at radius 3 is 2.81 bits per heavy atom. The zero-order valence-electron chi connectivity index (χ0n) is 11.2. The summed E-state index contributed by atoms with van der Waals surface area (Å²) in [6, 6.07) is 0.661. The molecule has 2 atom stereocenters. The SMILES string of the molecule is CCCC(CNCC)N(C)CC1CCCO1. The van der Waals surface area contributed by atoms with Crippen LogP contribution < -0.4 is 5.32 Å². The Hall–Kier alpha value is -0.120. The van der Waals surface area contributed by atoms with Crippen molar-refractivity contribution in [1.29, 1.82) is 0 Å². The monoisotopic (exact) mass is 228 g/mol. The highest BCUT2D eigenvalue weighted by atomic mass is 16.5. The topological polar surface area (TPSA) is 24.5 Å². The van der Waals surface area contributed by atoms with Gasteiger partial charge < -0.3 is 10.1 Å². The summed E-state index contributed by atoms with van der Waals surface area (Å²) in [6.45, 7) is 8.66. The molecule has 1 aliphatic rings. The molecule has 0 aromatic heterocycles. The molecule has 96 valence electrons. The average Bonchev–Trinajstić information content (AvgIpc) is 2.76. The maximum Gasteiger partial charge on any atom is 0.0702 e. The molecular formula is C13H28N2O. The molecule has 0 aromatic carbocycles. The van der Waals surface area contributed by atoms with E-state index in [1.165, 1.54) is 25.7 Å². The molecule has 1 N–H and O–H groups in total. The normalized spacial score (nSPS) is 22.9. The summed E-state index contributed by atoms with van der Waals surface area (Å²) in [6.07, 6.45) is 5.49. The minimum Gasteiger partial charge on any atom is -0.377 e. The summed E-state index contributed by atoms with van der Waals surface area (Å²) in [5.41, 5.74) is 0. The fourth-order valence-electron chi connectivity index (χ4n) is 2.38. The van der Waals surface area contributed by atoms with Crippen LogP contribution in [0.15, 0.2) is 0 Å². The second-order valence-electron chi connectivity index (χ2n) is 4.82. The maximum atomic E-state index is 5.69. The van der Waals surface area contributed by atoms with E-state index in [2.05, 4.69) is 31.1 Å². The summed E-state index contributed by atoms with van der Waals surface area (Å²) in [4.78, 5) is 2.47. The first-order valence-corrected chi connectivity index (χ1v) is 6.80. The molecule has 1 fully saturated rings. The third-order valence-electron chi connectivity index (χ3n) is 3.39. The zero-order valence-corrected chi connectivity index (χ0v) is 11.2. The Morgan fingerprint density at radius 1 is 1.44 bits per heavy atom. The quantitative estimate of drug-likeness (QED) is 0.686. The van der Waals surface area contributed by atoms with Crippen LogP contribution in [0.4, 0.5) is 0 Å². The van der Waals surface area contributed by atoms with Crippen LogP contribution in [0.25, 0.3) is 0 Å². The third-order valence-corrected chi connectivity index (χ3v) is 3.39. The van der Waals surface area contributed by atoms with Crippen LogP contribution in [0, 0.1) is 0 Å². The van der Waals surface area contributed by atoms with Crippen LogP contribution in [-0.4, -0.2) is 50.3 Å². The van der Waals surface area contributed by atoms with E-state index in [1.807, 2.05) is 0 Å². The average molecular weight is 228 g/mol. The highest BCUT2D eigenvalue weighted by molar-refractivity contribution is 4.76. The smallest absolute Gasteiger partial charge is 0.0702 e. The predicted octanol–water partition coefficient (Wildman–Crippen LogP) is 1.88. The molecule has 2 unspecified atom stereocenters. The summed E-state index contributed by atoms with van der Waals surface area (Å²) in [5.74, 6) is 0. The van der Waals surface area contributed by atoms with Crippen LogP contribution in [0.5, 0.6) is 0 Å². The van der Waals surface area contributed by atoms with E-state index < -0.39 is 0 Å². The van der Waals surface area contributed by atoms with Crippen LogP contribution in [0.1, 0.15) is 39.5 Å². The highest BCUT2D eigenvalue weighted by Crippen LogP contribution is 2.15. The Balaban J connectivity index is 2.29. The second kappa shape index (κ2) is 8.04. The van der Waals surface area contributed by atoms with Gasteiger partial charge in [0.05, 0.1) is 6.10 Å². The van der Waals surface area contributed by atoms with E-state index >= 15 is 0 Å². The first-order chi connectivity index (χ1) is 7.77. The van der Waals surface area contributed by atoms with Gasteiger partial charge in [0.15, 0.2) is 0 Å². The van der Waals surface area contributed by atoms with Gasteiger partial charge in [-0.05, 0) is 32.9 Å². The number of hydrogen-bond donors (Lipinski definition) is 1. The van der Waals surface area contributed by atoms with Crippen molar-refractivity contribution in [3.63, 3.8) is 0 Å².